The molecule has 0 aliphatic rings. The van der Waals surface area contributed by atoms with E-state index in [4.69, 9.17) is 0 Å². The SMILES string of the molecule is O=C(Nc1ccccc1)/C(=C\c1ccccc1)c1ccccc1. The van der Waals surface area contributed by atoms with E-state index in [0.29, 0.717) is 5.57 Å². The van der Waals surface area contributed by atoms with Crippen molar-refractivity contribution in [3.63, 3.8) is 0 Å². The van der Waals surface area contributed by atoms with Gasteiger partial charge in [-0.2, -0.15) is 0 Å². The highest BCUT2D eigenvalue weighted by molar-refractivity contribution is 6.29. The second-order valence-corrected chi connectivity index (χ2v) is 5.15. The number of para-hydroxylation sites is 1. The number of rotatable bonds is 4. The second kappa shape index (κ2) is 7.23. The highest BCUT2D eigenvalue weighted by Crippen LogP contribution is 2.20. The summed E-state index contributed by atoms with van der Waals surface area (Å²) in [6.07, 6.45) is 1.91. The van der Waals surface area contributed by atoms with Gasteiger partial charge >= 0.3 is 0 Å². The predicted molar refractivity (Wildman–Crippen MR) is 95.8 cm³/mol. The largest absolute Gasteiger partial charge is 0.322 e. The van der Waals surface area contributed by atoms with Gasteiger partial charge < -0.3 is 5.32 Å². The van der Waals surface area contributed by atoms with Crippen LogP contribution in [0.2, 0.25) is 0 Å². The van der Waals surface area contributed by atoms with E-state index in [9.17, 15) is 4.79 Å². The van der Waals surface area contributed by atoms with Gasteiger partial charge in [0.1, 0.15) is 0 Å². The maximum absolute atomic E-state index is 12.7. The summed E-state index contributed by atoms with van der Waals surface area (Å²) in [5.41, 5.74) is 3.31. The molecule has 0 saturated carbocycles. The monoisotopic (exact) mass is 299 g/mol. The number of carbonyl (C=O) groups excluding carboxylic acids is 1. The van der Waals surface area contributed by atoms with Crippen LogP contribution in [0, 0.1) is 0 Å². The van der Waals surface area contributed by atoms with Crippen molar-refractivity contribution in [3.8, 4) is 0 Å². The molecule has 0 heterocycles. The maximum Gasteiger partial charge on any atom is 0.256 e. The zero-order valence-electron chi connectivity index (χ0n) is 12.6. The molecule has 3 aromatic rings. The minimum atomic E-state index is -0.119. The molecule has 0 aromatic heterocycles. The molecular weight excluding hydrogens is 282 g/mol. The molecule has 1 N–H and O–H groups in total. The van der Waals surface area contributed by atoms with Crippen LogP contribution in [-0.4, -0.2) is 5.91 Å². The lowest BCUT2D eigenvalue weighted by Crippen LogP contribution is -2.13. The number of nitrogens with one attached hydrogen (secondary N) is 1. The van der Waals surface area contributed by atoms with Gasteiger partial charge in [-0.15, -0.1) is 0 Å². The molecule has 0 fully saturated rings. The Kier molecular flexibility index (Phi) is 4.65. The van der Waals surface area contributed by atoms with Crippen LogP contribution in [0.4, 0.5) is 5.69 Å². The molecule has 0 radical (unpaired) electrons. The molecule has 3 aromatic carbocycles. The molecule has 0 spiro atoms. The fraction of sp³-hybridized carbons (Fsp3) is 0. The minimum absolute atomic E-state index is 0.119. The molecule has 0 atom stereocenters. The van der Waals surface area contributed by atoms with Crippen molar-refractivity contribution in [1.82, 2.24) is 0 Å². The fourth-order valence-corrected chi connectivity index (χ4v) is 2.33. The van der Waals surface area contributed by atoms with E-state index in [-0.39, 0.29) is 5.91 Å². The Morgan fingerprint density at radius 1 is 0.696 bits per heavy atom. The summed E-state index contributed by atoms with van der Waals surface area (Å²) in [6, 6.07) is 29.0. The summed E-state index contributed by atoms with van der Waals surface area (Å²) in [7, 11) is 0. The van der Waals surface area contributed by atoms with Crippen LogP contribution < -0.4 is 5.32 Å². The first kappa shape index (κ1) is 14.8. The van der Waals surface area contributed by atoms with Crippen molar-refractivity contribution in [2.24, 2.45) is 0 Å². The topological polar surface area (TPSA) is 29.1 Å². The van der Waals surface area contributed by atoms with E-state index >= 15 is 0 Å². The normalized spacial score (nSPS) is 11.0. The van der Waals surface area contributed by atoms with Gasteiger partial charge in [0.05, 0.1) is 0 Å². The number of anilines is 1. The first-order chi connectivity index (χ1) is 11.3. The second-order valence-electron chi connectivity index (χ2n) is 5.15. The summed E-state index contributed by atoms with van der Waals surface area (Å²) in [6.45, 7) is 0. The molecule has 0 bridgehead atoms. The van der Waals surface area contributed by atoms with Crippen molar-refractivity contribution in [2.45, 2.75) is 0 Å². The third-order valence-corrected chi connectivity index (χ3v) is 3.47. The van der Waals surface area contributed by atoms with Crippen molar-refractivity contribution < 1.29 is 4.79 Å². The number of amides is 1. The highest BCUT2D eigenvalue weighted by Gasteiger charge is 2.12. The average Bonchev–Trinajstić information content (AvgIpc) is 2.62. The first-order valence-electron chi connectivity index (χ1n) is 7.51. The lowest BCUT2D eigenvalue weighted by molar-refractivity contribution is -0.111. The van der Waals surface area contributed by atoms with E-state index in [1.165, 1.54) is 0 Å². The summed E-state index contributed by atoms with van der Waals surface area (Å²) in [4.78, 5) is 12.7. The van der Waals surface area contributed by atoms with Crippen LogP contribution in [-0.2, 0) is 4.79 Å². The lowest BCUT2D eigenvalue weighted by Gasteiger charge is -2.10. The van der Waals surface area contributed by atoms with Gasteiger partial charge in [0.15, 0.2) is 0 Å². The number of hydrogen-bond acceptors (Lipinski definition) is 1. The quantitative estimate of drug-likeness (QED) is 0.540. The Hall–Kier alpha value is -3.13. The van der Waals surface area contributed by atoms with Gasteiger partial charge in [-0.3, -0.25) is 4.79 Å². The number of benzene rings is 3. The number of hydrogen-bond donors (Lipinski definition) is 1. The average molecular weight is 299 g/mol. The standard InChI is InChI=1S/C21H17NO/c23-21(22-19-14-8-3-9-15-19)20(18-12-6-2-7-13-18)16-17-10-4-1-5-11-17/h1-16H,(H,22,23)/b20-16-. The van der Waals surface area contributed by atoms with E-state index < -0.39 is 0 Å². The Balaban J connectivity index is 1.95. The lowest BCUT2D eigenvalue weighted by atomic mass is 10.0. The molecule has 2 heteroatoms. The molecule has 0 unspecified atom stereocenters. The molecule has 0 aliphatic heterocycles. The van der Waals surface area contributed by atoms with Crippen LogP contribution in [0.3, 0.4) is 0 Å². The third kappa shape index (κ3) is 3.95. The fourth-order valence-electron chi connectivity index (χ4n) is 2.33. The smallest absolute Gasteiger partial charge is 0.256 e. The van der Waals surface area contributed by atoms with E-state index in [0.717, 1.165) is 16.8 Å². The van der Waals surface area contributed by atoms with Crippen LogP contribution in [0.5, 0.6) is 0 Å². The first-order valence-corrected chi connectivity index (χ1v) is 7.51. The third-order valence-electron chi connectivity index (χ3n) is 3.47. The predicted octanol–water partition coefficient (Wildman–Crippen LogP) is 4.87. The zero-order valence-corrected chi connectivity index (χ0v) is 12.6. The van der Waals surface area contributed by atoms with Crippen molar-refractivity contribution in [2.75, 3.05) is 5.32 Å². The molecule has 1 amide bonds. The molecular formula is C21H17NO. The molecule has 112 valence electrons. The molecule has 0 aliphatic carbocycles. The van der Waals surface area contributed by atoms with Gasteiger partial charge in [0, 0.05) is 11.3 Å². The van der Waals surface area contributed by atoms with E-state index in [1.54, 1.807) is 0 Å². The van der Waals surface area contributed by atoms with Crippen LogP contribution >= 0.6 is 0 Å². The van der Waals surface area contributed by atoms with Crippen molar-refractivity contribution in [1.29, 1.82) is 0 Å². The van der Waals surface area contributed by atoms with Crippen LogP contribution in [0.1, 0.15) is 11.1 Å². The Bertz CT molecular complexity index is 793. The Labute approximate surface area is 136 Å². The zero-order chi connectivity index (χ0) is 15.9. The Morgan fingerprint density at radius 2 is 1.22 bits per heavy atom. The van der Waals surface area contributed by atoms with E-state index in [1.807, 2.05) is 97.1 Å². The summed E-state index contributed by atoms with van der Waals surface area (Å²) in [5, 5.41) is 2.95. The van der Waals surface area contributed by atoms with Gasteiger partial charge in [0.2, 0.25) is 0 Å². The summed E-state index contributed by atoms with van der Waals surface area (Å²) < 4.78 is 0. The van der Waals surface area contributed by atoms with E-state index in [2.05, 4.69) is 5.32 Å². The van der Waals surface area contributed by atoms with Crippen molar-refractivity contribution in [3.05, 3.63) is 102 Å². The minimum Gasteiger partial charge on any atom is -0.322 e. The van der Waals surface area contributed by atoms with Crippen LogP contribution in [0.15, 0.2) is 91.0 Å². The maximum atomic E-state index is 12.7. The van der Waals surface area contributed by atoms with Gasteiger partial charge in [-0.05, 0) is 29.3 Å². The van der Waals surface area contributed by atoms with Gasteiger partial charge in [-0.1, -0.05) is 78.9 Å². The van der Waals surface area contributed by atoms with Crippen molar-refractivity contribution >= 4 is 23.2 Å². The highest BCUT2D eigenvalue weighted by atomic mass is 16.1. The summed E-state index contributed by atoms with van der Waals surface area (Å²) in [5.74, 6) is -0.119. The number of carbonyl (C=O) groups is 1. The molecule has 23 heavy (non-hydrogen) atoms. The summed E-state index contributed by atoms with van der Waals surface area (Å²) >= 11 is 0. The Morgan fingerprint density at radius 3 is 1.83 bits per heavy atom. The molecule has 3 rings (SSSR count). The molecule has 2 nitrogen and oxygen atoms in total. The van der Waals surface area contributed by atoms with Gasteiger partial charge in [-0.25, -0.2) is 0 Å². The molecule has 0 saturated heterocycles. The van der Waals surface area contributed by atoms with Crippen LogP contribution in [0.25, 0.3) is 11.6 Å². The van der Waals surface area contributed by atoms with Gasteiger partial charge in [0.25, 0.3) is 5.91 Å².